The van der Waals surface area contributed by atoms with E-state index < -0.39 is 6.04 Å². The summed E-state index contributed by atoms with van der Waals surface area (Å²) in [5.74, 6) is -0.0288. The van der Waals surface area contributed by atoms with Crippen molar-refractivity contribution in [2.24, 2.45) is 5.73 Å². The highest BCUT2D eigenvalue weighted by Gasteiger charge is 2.43. The third kappa shape index (κ3) is 2.24. The molecule has 3 nitrogen and oxygen atoms in total. The maximum absolute atomic E-state index is 12.0. The van der Waals surface area contributed by atoms with Crippen LogP contribution in [0.1, 0.15) is 5.56 Å². The van der Waals surface area contributed by atoms with E-state index >= 15 is 0 Å². The summed E-state index contributed by atoms with van der Waals surface area (Å²) in [5.41, 5.74) is 7.91. The van der Waals surface area contributed by atoms with E-state index in [0.717, 1.165) is 11.3 Å². The largest absolute Gasteiger partial charge is 0.318 e. The number of carbonyl (C=O) groups excluding carboxylic acids is 1. The standard InChI is InChI=1S/C17H16N2O/c18-16-15(12-11-13-7-3-1-4-8-13)19(17(16)20)14-9-5-2-6-10-14/h1-12,15-16H,18H2/b12-11+. The van der Waals surface area contributed by atoms with Crippen molar-refractivity contribution in [2.75, 3.05) is 4.90 Å². The summed E-state index contributed by atoms with van der Waals surface area (Å²) >= 11 is 0. The Bertz CT molecular complexity index is 622. The molecule has 20 heavy (non-hydrogen) atoms. The molecule has 0 radical (unpaired) electrons. The van der Waals surface area contributed by atoms with Crippen LogP contribution in [-0.4, -0.2) is 18.0 Å². The zero-order valence-electron chi connectivity index (χ0n) is 11.0. The van der Waals surface area contributed by atoms with Crippen LogP contribution in [0, 0.1) is 0 Å². The molecule has 0 spiro atoms. The minimum absolute atomic E-state index is 0.0288. The predicted molar refractivity (Wildman–Crippen MR) is 81.2 cm³/mol. The molecule has 0 bridgehead atoms. The number of anilines is 1. The van der Waals surface area contributed by atoms with Gasteiger partial charge in [-0.2, -0.15) is 0 Å². The molecular formula is C17H16N2O. The van der Waals surface area contributed by atoms with Gasteiger partial charge in [-0.3, -0.25) is 4.79 Å². The molecule has 3 heteroatoms. The van der Waals surface area contributed by atoms with Crippen molar-refractivity contribution in [1.29, 1.82) is 0 Å². The topological polar surface area (TPSA) is 46.3 Å². The van der Waals surface area contributed by atoms with Gasteiger partial charge in [0.1, 0.15) is 6.04 Å². The summed E-state index contributed by atoms with van der Waals surface area (Å²) in [6.45, 7) is 0. The Hall–Kier alpha value is -2.39. The van der Waals surface area contributed by atoms with Gasteiger partial charge in [-0.15, -0.1) is 0 Å². The van der Waals surface area contributed by atoms with Crippen LogP contribution in [0.15, 0.2) is 66.7 Å². The monoisotopic (exact) mass is 264 g/mol. The van der Waals surface area contributed by atoms with E-state index in [2.05, 4.69) is 0 Å². The zero-order chi connectivity index (χ0) is 13.9. The van der Waals surface area contributed by atoms with Gasteiger partial charge >= 0.3 is 0 Å². The van der Waals surface area contributed by atoms with Crippen molar-refractivity contribution in [1.82, 2.24) is 0 Å². The molecule has 1 aliphatic rings. The Kier molecular flexibility index (Phi) is 3.35. The lowest BCUT2D eigenvalue weighted by Gasteiger charge is -2.43. The molecule has 0 aromatic heterocycles. The van der Waals surface area contributed by atoms with Crippen LogP contribution < -0.4 is 10.6 Å². The van der Waals surface area contributed by atoms with E-state index in [9.17, 15) is 4.79 Å². The molecule has 1 fully saturated rings. The summed E-state index contributed by atoms with van der Waals surface area (Å²) in [6, 6.07) is 19.1. The fourth-order valence-corrected chi connectivity index (χ4v) is 2.40. The van der Waals surface area contributed by atoms with Gasteiger partial charge in [-0.05, 0) is 17.7 Å². The van der Waals surface area contributed by atoms with Crippen molar-refractivity contribution >= 4 is 17.7 Å². The molecule has 0 saturated carbocycles. The van der Waals surface area contributed by atoms with E-state index in [-0.39, 0.29) is 11.9 Å². The Labute approximate surface area is 118 Å². The minimum atomic E-state index is -0.449. The molecule has 2 atom stereocenters. The summed E-state index contributed by atoms with van der Waals surface area (Å²) in [5, 5.41) is 0. The number of amides is 1. The molecule has 1 amide bonds. The Balaban J connectivity index is 1.82. The fourth-order valence-electron chi connectivity index (χ4n) is 2.40. The van der Waals surface area contributed by atoms with Gasteiger partial charge in [-0.1, -0.05) is 60.7 Å². The molecule has 2 N–H and O–H groups in total. The van der Waals surface area contributed by atoms with Gasteiger partial charge in [0.2, 0.25) is 5.91 Å². The summed E-state index contributed by atoms with van der Waals surface area (Å²) < 4.78 is 0. The van der Waals surface area contributed by atoms with Gasteiger partial charge in [0.05, 0.1) is 6.04 Å². The van der Waals surface area contributed by atoms with E-state index in [0.29, 0.717) is 0 Å². The summed E-state index contributed by atoms with van der Waals surface area (Å²) in [7, 11) is 0. The zero-order valence-corrected chi connectivity index (χ0v) is 11.0. The minimum Gasteiger partial charge on any atom is -0.318 e. The predicted octanol–water partition coefficient (Wildman–Crippen LogP) is 2.44. The van der Waals surface area contributed by atoms with Gasteiger partial charge < -0.3 is 10.6 Å². The van der Waals surface area contributed by atoms with Gasteiger partial charge in [0, 0.05) is 5.69 Å². The lowest BCUT2D eigenvalue weighted by molar-refractivity contribution is -0.125. The second-order valence-corrected chi connectivity index (χ2v) is 4.83. The first-order chi connectivity index (χ1) is 9.77. The lowest BCUT2D eigenvalue weighted by atomic mass is 9.93. The van der Waals surface area contributed by atoms with Crippen molar-refractivity contribution in [3.63, 3.8) is 0 Å². The van der Waals surface area contributed by atoms with Gasteiger partial charge in [-0.25, -0.2) is 0 Å². The van der Waals surface area contributed by atoms with Crippen molar-refractivity contribution in [2.45, 2.75) is 12.1 Å². The lowest BCUT2D eigenvalue weighted by Crippen LogP contribution is -2.68. The van der Waals surface area contributed by atoms with E-state index in [1.807, 2.05) is 72.8 Å². The molecule has 2 unspecified atom stereocenters. The van der Waals surface area contributed by atoms with Crippen LogP contribution >= 0.6 is 0 Å². The number of carbonyl (C=O) groups is 1. The van der Waals surface area contributed by atoms with Crippen LogP contribution in [0.5, 0.6) is 0 Å². The third-order valence-corrected chi connectivity index (χ3v) is 3.51. The summed E-state index contributed by atoms with van der Waals surface area (Å²) in [6.07, 6.45) is 4.00. The highest BCUT2D eigenvalue weighted by atomic mass is 16.2. The number of β-lactam (4-membered cyclic amide) rings is 1. The Morgan fingerprint density at radius 2 is 1.55 bits per heavy atom. The van der Waals surface area contributed by atoms with Crippen LogP contribution in [-0.2, 0) is 4.79 Å². The number of nitrogens with two attached hydrogens (primary N) is 1. The van der Waals surface area contributed by atoms with Crippen molar-refractivity contribution in [3.8, 4) is 0 Å². The van der Waals surface area contributed by atoms with Crippen molar-refractivity contribution < 1.29 is 4.79 Å². The Morgan fingerprint density at radius 1 is 0.950 bits per heavy atom. The molecule has 1 saturated heterocycles. The normalized spacial score (nSPS) is 22.1. The van der Waals surface area contributed by atoms with Crippen molar-refractivity contribution in [3.05, 3.63) is 72.3 Å². The van der Waals surface area contributed by atoms with Crippen LogP contribution in [0.3, 0.4) is 0 Å². The van der Waals surface area contributed by atoms with E-state index in [4.69, 9.17) is 5.73 Å². The third-order valence-electron chi connectivity index (χ3n) is 3.51. The first kappa shape index (κ1) is 12.6. The molecule has 2 aromatic carbocycles. The quantitative estimate of drug-likeness (QED) is 0.865. The molecule has 100 valence electrons. The van der Waals surface area contributed by atoms with Gasteiger partial charge in [0.25, 0.3) is 0 Å². The average Bonchev–Trinajstić information content (AvgIpc) is 2.52. The molecule has 3 rings (SSSR count). The Morgan fingerprint density at radius 3 is 2.20 bits per heavy atom. The number of hydrogen-bond donors (Lipinski definition) is 1. The SMILES string of the molecule is NC1C(=O)N(c2ccccc2)C1/C=C/c1ccccc1. The fraction of sp³-hybridized carbons (Fsp3) is 0.118. The number of para-hydroxylation sites is 1. The maximum atomic E-state index is 12.0. The molecule has 1 heterocycles. The first-order valence-electron chi connectivity index (χ1n) is 6.64. The van der Waals surface area contributed by atoms with Gasteiger partial charge in [0.15, 0.2) is 0 Å². The molecule has 2 aromatic rings. The number of rotatable bonds is 3. The molecular weight excluding hydrogens is 248 g/mol. The highest BCUT2D eigenvalue weighted by molar-refractivity contribution is 6.06. The summed E-state index contributed by atoms with van der Waals surface area (Å²) in [4.78, 5) is 13.7. The number of benzene rings is 2. The van der Waals surface area contributed by atoms with Crippen LogP contribution in [0.25, 0.3) is 6.08 Å². The number of hydrogen-bond acceptors (Lipinski definition) is 2. The number of nitrogens with zero attached hydrogens (tertiary/aromatic N) is 1. The van der Waals surface area contributed by atoms with E-state index in [1.165, 1.54) is 0 Å². The van der Waals surface area contributed by atoms with E-state index in [1.54, 1.807) is 4.90 Å². The molecule has 0 aliphatic carbocycles. The van der Waals surface area contributed by atoms with Crippen LogP contribution in [0.4, 0.5) is 5.69 Å². The highest BCUT2D eigenvalue weighted by Crippen LogP contribution is 2.28. The second kappa shape index (κ2) is 5.31. The molecule has 1 aliphatic heterocycles. The maximum Gasteiger partial charge on any atom is 0.247 e. The average molecular weight is 264 g/mol. The first-order valence-corrected chi connectivity index (χ1v) is 6.64. The smallest absolute Gasteiger partial charge is 0.247 e. The van der Waals surface area contributed by atoms with Crippen LogP contribution in [0.2, 0.25) is 0 Å². The second-order valence-electron chi connectivity index (χ2n) is 4.83.